The number of hydrogen-bond donors (Lipinski definition) is 8. The molecule has 0 bridgehead atoms. The summed E-state index contributed by atoms with van der Waals surface area (Å²) in [5, 5.41) is 15.5. The Hall–Kier alpha value is -6.26. The highest BCUT2D eigenvalue weighted by molar-refractivity contribution is 5.98. The van der Waals surface area contributed by atoms with E-state index in [1.165, 1.54) is 11.8 Å². The molecule has 6 rings (SSSR count). The van der Waals surface area contributed by atoms with E-state index in [9.17, 15) is 33.6 Å². The van der Waals surface area contributed by atoms with Crippen molar-refractivity contribution in [2.45, 2.75) is 140 Å². The molecule has 3 fully saturated rings. The molecular formula is C49H68N10O7. The van der Waals surface area contributed by atoms with Gasteiger partial charge in [-0.05, 0) is 74.5 Å². The molecule has 3 heterocycles. The van der Waals surface area contributed by atoms with E-state index in [1.807, 2.05) is 60.8 Å². The van der Waals surface area contributed by atoms with Gasteiger partial charge in [-0.2, -0.15) is 0 Å². The molecule has 1 aromatic heterocycles. The number of hydrogen-bond acceptors (Lipinski definition) is 8. The van der Waals surface area contributed by atoms with Crippen LogP contribution < -0.4 is 38.1 Å². The van der Waals surface area contributed by atoms with Gasteiger partial charge in [-0.3, -0.25) is 38.6 Å². The number of amides is 6. The van der Waals surface area contributed by atoms with Crippen molar-refractivity contribution in [3.05, 3.63) is 71.9 Å². The minimum Gasteiger partial charge on any atom is -0.370 e. The Kier molecular flexibility index (Phi) is 18.1. The maximum Gasteiger partial charge on any atom is 0.245 e. The number of ketones is 1. The number of fused-ring (bicyclic) bond motifs is 2. The first kappa shape index (κ1) is 49.2. The minimum atomic E-state index is -1.11. The summed E-state index contributed by atoms with van der Waals surface area (Å²) in [4.78, 5) is 107. The second kappa shape index (κ2) is 24.3. The van der Waals surface area contributed by atoms with E-state index in [-0.39, 0.29) is 75.8 Å². The molecule has 0 spiro atoms. The van der Waals surface area contributed by atoms with Gasteiger partial charge in [0.15, 0.2) is 11.7 Å². The van der Waals surface area contributed by atoms with Crippen molar-refractivity contribution in [2.75, 3.05) is 19.6 Å². The van der Waals surface area contributed by atoms with Crippen molar-refractivity contribution in [3.63, 3.8) is 0 Å². The Bertz CT molecular complexity index is 2180. The minimum absolute atomic E-state index is 0.0909. The lowest BCUT2D eigenvalue weighted by Crippen LogP contribution is -2.59. The highest BCUT2D eigenvalue weighted by Crippen LogP contribution is 2.29. The summed E-state index contributed by atoms with van der Waals surface area (Å²) < 4.78 is 0. The third-order valence-corrected chi connectivity index (χ3v) is 13.2. The summed E-state index contributed by atoms with van der Waals surface area (Å²) in [7, 11) is 0. The maximum atomic E-state index is 14.6. The van der Waals surface area contributed by atoms with Crippen molar-refractivity contribution >= 4 is 58.1 Å². The smallest absolute Gasteiger partial charge is 0.245 e. The van der Waals surface area contributed by atoms with Crippen molar-refractivity contribution in [1.82, 2.24) is 36.5 Å². The summed E-state index contributed by atoms with van der Waals surface area (Å²) in [5.41, 5.74) is 13.6. The largest absolute Gasteiger partial charge is 0.370 e. The normalized spacial score (nSPS) is 23.4. The van der Waals surface area contributed by atoms with Crippen LogP contribution in [0, 0.1) is 11.8 Å². The second-order valence-corrected chi connectivity index (χ2v) is 18.2. The number of H-pyrrole nitrogens is 1. The van der Waals surface area contributed by atoms with Gasteiger partial charge in [0.1, 0.15) is 24.2 Å². The molecule has 17 heteroatoms. The van der Waals surface area contributed by atoms with Gasteiger partial charge < -0.3 is 47.9 Å². The Morgan fingerprint density at radius 1 is 0.818 bits per heavy atom. The van der Waals surface area contributed by atoms with E-state index in [0.717, 1.165) is 54.1 Å². The van der Waals surface area contributed by atoms with Gasteiger partial charge >= 0.3 is 0 Å². The number of aromatic amines is 1. The first-order chi connectivity index (χ1) is 31.9. The zero-order chi connectivity index (χ0) is 47.0. The van der Waals surface area contributed by atoms with E-state index in [0.29, 0.717) is 38.0 Å². The van der Waals surface area contributed by atoms with Gasteiger partial charge in [-0.25, -0.2) is 0 Å². The third kappa shape index (κ3) is 14.1. The van der Waals surface area contributed by atoms with Gasteiger partial charge in [-0.15, -0.1) is 0 Å². The van der Waals surface area contributed by atoms with Crippen molar-refractivity contribution in [3.8, 4) is 0 Å². The first-order valence-electron chi connectivity index (χ1n) is 23.8. The molecule has 2 aromatic carbocycles. The quantitative estimate of drug-likeness (QED) is 0.0671. The Labute approximate surface area is 386 Å². The molecule has 3 aromatic rings. The lowest BCUT2D eigenvalue weighted by Gasteiger charge is -2.31. The SMILES string of the molecule is CC(=O)N[C@@H](Cc1ccccc1)C(=O)N[C@H]1CCCNC(=O)[C@H](CCCN=C(N)N)CC(=O)[C@H](Cc2c[nH]c3ccccc23)NC(=O)[C@@H](CCC2CCCCC2)NC(=O)[C@@H]2CCCN2C1=O. The number of benzene rings is 2. The molecule has 66 heavy (non-hydrogen) atoms. The van der Waals surface area contributed by atoms with Crippen molar-refractivity contribution < 1.29 is 33.6 Å². The summed E-state index contributed by atoms with van der Waals surface area (Å²) in [6.45, 7) is 1.92. The van der Waals surface area contributed by atoms with Crippen LogP contribution in [0.5, 0.6) is 0 Å². The number of aromatic nitrogens is 1. The predicted molar refractivity (Wildman–Crippen MR) is 251 cm³/mol. The molecule has 0 radical (unpaired) electrons. The molecule has 17 nitrogen and oxygen atoms in total. The van der Waals surface area contributed by atoms with E-state index in [2.05, 4.69) is 36.6 Å². The zero-order valence-corrected chi connectivity index (χ0v) is 38.2. The van der Waals surface area contributed by atoms with Gasteiger partial charge in [0.05, 0.1) is 6.04 Å². The monoisotopic (exact) mass is 909 g/mol. The van der Waals surface area contributed by atoms with E-state index in [1.54, 1.807) is 0 Å². The number of carbonyl (C=O) groups is 7. The number of aliphatic imine (C=N–C) groups is 1. The molecule has 3 aliphatic rings. The molecule has 6 atom stereocenters. The van der Waals surface area contributed by atoms with Crippen LogP contribution in [0.2, 0.25) is 0 Å². The maximum absolute atomic E-state index is 14.6. The second-order valence-electron chi connectivity index (χ2n) is 18.2. The number of carbonyl (C=O) groups excluding carboxylic acids is 7. The molecular weight excluding hydrogens is 841 g/mol. The molecule has 2 aliphatic heterocycles. The number of nitrogens with zero attached hydrogens (tertiary/aromatic N) is 2. The molecule has 6 amide bonds. The summed E-state index contributed by atoms with van der Waals surface area (Å²) in [6, 6.07) is 11.8. The fraction of sp³-hybridized carbons (Fsp3) is 0.551. The van der Waals surface area contributed by atoms with Crippen LogP contribution in [0.15, 0.2) is 65.8 Å². The van der Waals surface area contributed by atoms with Crippen LogP contribution >= 0.6 is 0 Å². The molecule has 10 N–H and O–H groups in total. The average molecular weight is 909 g/mol. The number of guanidine groups is 1. The van der Waals surface area contributed by atoms with Crippen LogP contribution in [0.4, 0.5) is 0 Å². The van der Waals surface area contributed by atoms with Crippen LogP contribution in [0.25, 0.3) is 10.9 Å². The van der Waals surface area contributed by atoms with Gasteiger partial charge in [0, 0.05) is 68.8 Å². The lowest BCUT2D eigenvalue weighted by molar-refractivity contribution is -0.142. The topological polar surface area (TPSA) is 263 Å². The number of nitrogens with one attached hydrogen (secondary N) is 6. The average Bonchev–Trinajstić information content (AvgIpc) is 3.97. The van der Waals surface area contributed by atoms with Gasteiger partial charge in [0.2, 0.25) is 35.4 Å². The predicted octanol–water partition coefficient (Wildman–Crippen LogP) is 2.80. The molecule has 1 aliphatic carbocycles. The van der Waals surface area contributed by atoms with E-state index >= 15 is 0 Å². The highest BCUT2D eigenvalue weighted by Gasteiger charge is 2.40. The van der Waals surface area contributed by atoms with Gasteiger partial charge in [-0.1, -0.05) is 80.6 Å². The van der Waals surface area contributed by atoms with Crippen LogP contribution in [0.3, 0.4) is 0 Å². The van der Waals surface area contributed by atoms with E-state index < -0.39 is 65.7 Å². The summed E-state index contributed by atoms with van der Waals surface area (Å²) >= 11 is 0. The van der Waals surface area contributed by atoms with Crippen molar-refractivity contribution in [1.29, 1.82) is 0 Å². The molecule has 0 unspecified atom stereocenters. The highest BCUT2D eigenvalue weighted by atomic mass is 16.2. The summed E-state index contributed by atoms with van der Waals surface area (Å²) in [5.74, 6) is -3.70. The number of nitrogens with two attached hydrogens (primary N) is 2. The fourth-order valence-corrected chi connectivity index (χ4v) is 9.71. The standard InChI is InChI=1S/C49H68N10O7/c1-31(60)55-41(27-33-15-6-3-7-16-33)46(64)57-39-20-11-24-52-44(62)34(17-10-25-53-49(50)51)29-43(61)40(28-35-30-54-37-19-9-8-18-36(35)37)58-45(63)38(23-22-32-13-4-2-5-14-32)56-47(65)42-21-12-26-59(42)48(39)66/h3,6-9,15-16,18-19,30,32,34,38-42,54H,2,4-5,10-14,17,20-29H2,1H3,(H,52,62)(H,55,60)(H,56,65)(H,57,64)(H,58,63)(H4,50,51,53)/t34-,38-,39+,40+,41+,42+/m1/s1. The third-order valence-electron chi connectivity index (χ3n) is 13.2. The Balaban J connectivity index is 1.31. The number of para-hydroxylation sites is 1. The zero-order valence-electron chi connectivity index (χ0n) is 38.2. The molecule has 1 saturated carbocycles. The van der Waals surface area contributed by atoms with E-state index in [4.69, 9.17) is 11.5 Å². The Morgan fingerprint density at radius 2 is 1.56 bits per heavy atom. The number of rotatable bonds is 14. The first-order valence-corrected chi connectivity index (χ1v) is 23.8. The molecule has 356 valence electrons. The van der Waals surface area contributed by atoms with Crippen LogP contribution in [-0.4, -0.2) is 107 Å². The molecule has 2 saturated heterocycles. The lowest BCUT2D eigenvalue weighted by atomic mass is 9.85. The van der Waals surface area contributed by atoms with Crippen LogP contribution in [-0.2, 0) is 46.4 Å². The number of Topliss-reactive ketones (excluding diaryl/α,β-unsaturated/α-hetero) is 1. The fourth-order valence-electron chi connectivity index (χ4n) is 9.71. The van der Waals surface area contributed by atoms with Gasteiger partial charge in [0.25, 0.3) is 0 Å². The van der Waals surface area contributed by atoms with Crippen molar-refractivity contribution in [2.24, 2.45) is 28.3 Å². The summed E-state index contributed by atoms with van der Waals surface area (Å²) in [6.07, 6.45) is 10.3. The Morgan fingerprint density at radius 3 is 2.32 bits per heavy atom. The van der Waals surface area contributed by atoms with Crippen LogP contribution in [0.1, 0.15) is 108 Å².